The smallest absolute Gasteiger partial charge is 0.358 e. The summed E-state index contributed by atoms with van der Waals surface area (Å²) in [5.74, 6) is -0.552. The van der Waals surface area contributed by atoms with Crippen LogP contribution >= 0.6 is 0 Å². The largest absolute Gasteiger partial charge is 0.476 e. The van der Waals surface area contributed by atoms with Crippen LogP contribution in [0.4, 0.5) is 0 Å². The average Bonchev–Trinajstić information content (AvgIpc) is 2.72. The molecule has 2 atom stereocenters. The lowest BCUT2D eigenvalue weighted by molar-refractivity contribution is 0.0688. The number of rotatable bonds is 3. The molecule has 0 radical (unpaired) electrons. The third-order valence-electron chi connectivity index (χ3n) is 2.17. The highest BCUT2D eigenvalue weighted by Gasteiger charge is 2.44. The molecule has 1 N–H and O–H groups in total. The number of nitrogens with zero attached hydrogens (tertiary/aromatic N) is 1. The first-order chi connectivity index (χ1) is 6.24. The minimum absolute atomic E-state index is 0.00421. The van der Waals surface area contributed by atoms with Crippen LogP contribution in [0.25, 0.3) is 0 Å². The van der Waals surface area contributed by atoms with Gasteiger partial charge in [0.2, 0.25) is 0 Å². The standard InChI is InChI=1S/C8H9NO4/c1-12-5-2-4(5)7-6(8(10)11)9-3-13-7/h3-5H,2H2,1H3,(H,10,11). The Morgan fingerprint density at radius 3 is 3.15 bits per heavy atom. The topological polar surface area (TPSA) is 72.6 Å². The SMILES string of the molecule is COC1CC1c1ocnc1C(=O)O. The molecule has 0 aromatic carbocycles. The van der Waals surface area contributed by atoms with E-state index in [1.165, 1.54) is 0 Å². The Hall–Kier alpha value is -1.36. The Bertz CT molecular complexity index is 333. The van der Waals surface area contributed by atoms with Crippen LogP contribution < -0.4 is 0 Å². The average molecular weight is 183 g/mol. The molecule has 1 saturated carbocycles. The number of aromatic carboxylic acids is 1. The number of hydrogen-bond acceptors (Lipinski definition) is 4. The van der Waals surface area contributed by atoms with Gasteiger partial charge in [0.05, 0.1) is 6.10 Å². The van der Waals surface area contributed by atoms with E-state index >= 15 is 0 Å². The molecule has 1 aliphatic rings. The Kier molecular flexibility index (Phi) is 1.81. The van der Waals surface area contributed by atoms with Crippen molar-refractivity contribution in [1.82, 2.24) is 4.98 Å². The summed E-state index contributed by atoms with van der Waals surface area (Å²) in [6.07, 6.45) is 2.06. The summed E-state index contributed by atoms with van der Waals surface area (Å²) in [6.45, 7) is 0. The first-order valence-corrected chi connectivity index (χ1v) is 3.93. The minimum Gasteiger partial charge on any atom is -0.476 e. The van der Waals surface area contributed by atoms with Gasteiger partial charge in [-0.1, -0.05) is 0 Å². The number of carboxylic acids is 1. The molecule has 0 bridgehead atoms. The zero-order valence-electron chi connectivity index (χ0n) is 7.06. The van der Waals surface area contributed by atoms with Gasteiger partial charge in [-0.25, -0.2) is 9.78 Å². The molecule has 0 amide bonds. The van der Waals surface area contributed by atoms with Crippen molar-refractivity contribution in [2.24, 2.45) is 0 Å². The van der Waals surface area contributed by atoms with E-state index in [1.54, 1.807) is 7.11 Å². The van der Waals surface area contributed by atoms with Crippen LogP contribution in [0.2, 0.25) is 0 Å². The van der Waals surface area contributed by atoms with Gasteiger partial charge in [-0.05, 0) is 6.42 Å². The van der Waals surface area contributed by atoms with Crippen molar-refractivity contribution in [3.8, 4) is 0 Å². The number of carbonyl (C=O) groups is 1. The molecule has 1 heterocycles. The van der Waals surface area contributed by atoms with E-state index in [9.17, 15) is 4.79 Å². The van der Waals surface area contributed by atoms with Gasteiger partial charge in [0, 0.05) is 13.0 Å². The molecule has 0 spiro atoms. The molecule has 1 aromatic rings. The number of carboxylic acid groups (broad SMARTS) is 1. The van der Waals surface area contributed by atoms with Gasteiger partial charge < -0.3 is 14.3 Å². The lowest BCUT2D eigenvalue weighted by atomic mass is 10.2. The van der Waals surface area contributed by atoms with Gasteiger partial charge in [-0.2, -0.15) is 0 Å². The zero-order chi connectivity index (χ0) is 9.42. The molecular weight excluding hydrogens is 174 g/mol. The van der Waals surface area contributed by atoms with Crippen LogP contribution in [0, 0.1) is 0 Å². The lowest BCUT2D eigenvalue weighted by Gasteiger charge is -1.94. The maximum absolute atomic E-state index is 10.6. The van der Waals surface area contributed by atoms with E-state index < -0.39 is 5.97 Å². The molecule has 2 rings (SSSR count). The van der Waals surface area contributed by atoms with Gasteiger partial charge in [0.25, 0.3) is 0 Å². The minimum atomic E-state index is -1.05. The van der Waals surface area contributed by atoms with Crippen molar-refractivity contribution in [2.45, 2.75) is 18.4 Å². The van der Waals surface area contributed by atoms with Crippen LogP contribution in [0.5, 0.6) is 0 Å². The van der Waals surface area contributed by atoms with E-state index in [2.05, 4.69) is 4.98 Å². The fraction of sp³-hybridized carbons (Fsp3) is 0.500. The van der Waals surface area contributed by atoms with Crippen LogP contribution in [-0.2, 0) is 4.74 Å². The predicted molar refractivity (Wildman–Crippen MR) is 41.6 cm³/mol. The molecule has 5 nitrogen and oxygen atoms in total. The van der Waals surface area contributed by atoms with Gasteiger partial charge in [0.1, 0.15) is 5.76 Å². The number of aromatic nitrogens is 1. The maximum Gasteiger partial charge on any atom is 0.358 e. The first kappa shape index (κ1) is 8.25. The highest BCUT2D eigenvalue weighted by molar-refractivity contribution is 5.86. The number of ether oxygens (including phenoxy) is 1. The van der Waals surface area contributed by atoms with Gasteiger partial charge in [0.15, 0.2) is 12.1 Å². The van der Waals surface area contributed by atoms with Crippen molar-refractivity contribution >= 4 is 5.97 Å². The zero-order valence-corrected chi connectivity index (χ0v) is 7.06. The van der Waals surface area contributed by atoms with Gasteiger partial charge >= 0.3 is 5.97 Å². The van der Waals surface area contributed by atoms with Crippen molar-refractivity contribution in [3.63, 3.8) is 0 Å². The highest BCUT2D eigenvalue weighted by atomic mass is 16.5. The van der Waals surface area contributed by atoms with E-state index in [0.717, 1.165) is 12.8 Å². The van der Waals surface area contributed by atoms with E-state index in [-0.39, 0.29) is 17.7 Å². The van der Waals surface area contributed by atoms with Crippen LogP contribution in [0.3, 0.4) is 0 Å². The Labute approximate surface area is 74.3 Å². The Morgan fingerprint density at radius 1 is 1.85 bits per heavy atom. The second-order valence-corrected chi connectivity index (χ2v) is 2.99. The highest BCUT2D eigenvalue weighted by Crippen LogP contribution is 2.44. The summed E-state index contributed by atoms with van der Waals surface area (Å²) in [7, 11) is 1.60. The van der Waals surface area contributed by atoms with Crippen molar-refractivity contribution in [2.75, 3.05) is 7.11 Å². The lowest BCUT2D eigenvalue weighted by Crippen LogP contribution is -2.01. The monoisotopic (exact) mass is 183 g/mol. The second-order valence-electron chi connectivity index (χ2n) is 2.99. The third-order valence-corrected chi connectivity index (χ3v) is 2.17. The fourth-order valence-corrected chi connectivity index (χ4v) is 1.39. The second kappa shape index (κ2) is 2.85. The summed E-state index contributed by atoms with van der Waals surface area (Å²) < 4.78 is 10.1. The van der Waals surface area contributed by atoms with Crippen LogP contribution in [0.15, 0.2) is 10.8 Å². The van der Waals surface area contributed by atoms with Crippen LogP contribution in [0.1, 0.15) is 28.6 Å². The fourth-order valence-electron chi connectivity index (χ4n) is 1.39. The van der Waals surface area contributed by atoms with Crippen LogP contribution in [-0.4, -0.2) is 29.3 Å². The normalized spacial score (nSPS) is 25.9. The summed E-state index contributed by atoms with van der Waals surface area (Å²) in [6, 6.07) is 0. The molecule has 1 aromatic heterocycles. The quantitative estimate of drug-likeness (QED) is 0.752. The van der Waals surface area contributed by atoms with Crippen molar-refractivity contribution in [3.05, 3.63) is 17.8 Å². The van der Waals surface area contributed by atoms with Crippen molar-refractivity contribution < 1.29 is 19.1 Å². The summed E-state index contributed by atoms with van der Waals surface area (Å²) >= 11 is 0. The summed E-state index contributed by atoms with van der Waals surface area (Å²) in [4.78, 5) is 14.3. The van der Waals surface area contributed by atoms with Crippen molar-refractivity contribution in [1.29, 1.82) is 0 Å². The molecule has 5 heteroatoms. The molecule has 0 saturated heterocycles. The predicted octanol–water partition coefficient (Wildman–Crippen LogP) is 0.875. The maximum atomic E-state index is 10.6. The first-order valence-electron chi connectivity index (χ1n) is 3.93. The molecule has 70 valence electrons. The number of oxazole rings is 1. The summed E-state index contributed by atoms with van der Waals surface area (Å²) in [5, 5.41) is 8.73. The van der Waals surface area contributed by atoms with Gasteiger partial charge in [-0.3, -0.25) is 0 Å². The van der Waals surface area contributed by atoms with E-state index in [0.29, 0.717) is 5.76 Å². The Balaban J connectivity index is 2.22. The number of hydrogen-bond donors (Lipinski definition) is 1. The Morgan fingerprint density at radius 2 is 2.62 bits per heavy atom. The molecule has 1 aliphatic carbocycles. The van der Waals surface area contributed by atoms with Gasteiger partial charge in [-0.15, -0.1) is 0 Å². The molecule has 2 unspecified atom stereocenters. The molecule has 0 aliphatic heterocycles. The third kappa shape index (κ3) is 1.31. The van der Waals surface area contributed by atoms with E-state index in [4.69, 9.17) is 14.3 Å². The molecule has 1 fully saturated rings. The van der Waals surface area contributed by atoms with E-state index in [1.807, 2.05) is 0 Å². The summed E-state index contributed by atoms with van der Waals surface area (Å²) in [5.41, 5.74) is 0.00421. The molecular formula is C8H9NO4. The number of methoxy groups -OCH3 is 1. The molecule has 13 heavy (non-hydrogen) atoms.